The summed E-state index contributed by atoms with van der Waals surface area (Å²) in [6.07, 6.45) is -20.6. The first-order chi connectivity index (χ1) is 36.9. The topological polar surface area (TPSA) is 348 Å². The summed E-state index contributed by atoms with van der Waals surface area (Å²) in [5.74, 6) is -3.76. The number of esters is 2. The number of rotatable bonds is 13. The predicted octanol–water partition coefficient (Wildman–Crippen LogP) is 1.29. The lowest BCUT2D eigenvalue weighted by atomic mass is 9.33. The zero-order valence-electron chi connectivity index (χ0n) is 47.3. The van der Waals surface area contributed by atoms with Crippen LogP contribution in [0.15, 0.2) is 34.9 Å². The minimum atomic E-state index is -2.11. The molecular weight excluding hydrogens is 1040 g/mol. The van der Waals surface area contributed by atoms with Gasteiger partial charge < -0.3 is 94.1 Å². The Hall–Kier alpha value is -3.01. The maximum atomic E-state index is 13.8. The van der Waals surface area contributed by atoms with E-state index in [-0.39, 0.29) is 24.7 Å². The molecule has 0 aromatic rings. The van der Waals surface area contributed by atoms with Crippen molar-refractivity contribution in [2.75, 3.05) is 19.8 Å². The number of carbonyl (C=O) groups is 3. The van der Waals surface area contributed by atoms with Crippen LogP contribution in [0.5, 0.6) is 0 Å². The van der Waals surface area contributed by atoms with Crippen LogP contribution in [0.2, 0.25) is 0 Å². The van der Waals surface area contributed by atoms with Crippen molar-refractivity contribution in [3.05, 3.63) is 34.9 Å². The summed E-state index contributed by atoms with van der Waals surface area (Å²) < 4.78 is 49.2. The van der Waals surface area contributed by atoms with Crippen molar-refractivity contribution in [3.8, 4) is 0 Å². The molecular formula is C57H88O22. The molecule has 7 fully saturated rings. The van der Waals surface area contributed by atoms with Gasteiger partial charge in [0.25, 0.3) is 0 Å². The number of allylic oxidation sites excluding steroid dienone is 4. The minimum Gasteiger partial charge on any atom is -0.479 e. The molecule has 5 aliphatic carbocycles. The molecule has 4 saturated carbocycles. The summed E-state index contributed by atoms with van der Waals surface area (Å²) in [5.41, 5.74) is -3.41. The van der Waals surface area contributed by atoms with Crippen molar-refractivity contribution in [3.63, 3.8) is 0 Å². The van der Waals surface area contributed by atoms with Crippen molar-refractivity contribution in [1.29, 1.82) is 0 Å². The normalized spacial score (nSPS) is 49.9. The number of carboxylic acid groups (broad SMARTS) is 1. The Morgan fingerprint density at radius 1 is 0.684 bits per heavy atom. The van der Waals surface area contributed by atoms with Crippen molar-refractivity contribution >= 4 is 17.9 Å². The van der Waals surface area contributed by atoms with Gasteiger partial charge in [-0.2, -0.15) is 0 Å². The van der Waals surface area contributed by atoms with Crippen molar-refractivity contribution < 1.29 is 108 Å². The summed E-state index contributed by atoms with van der Waals surface area (Å²) in [6, 6.07) is 0. The highest BCUT2D eigenvalue weighted by Crippen LogP contribution is 2.76. The van der Waals surface area contributed by atoms with Crippen LogP contribution in [0.4, 0.5) is 0 Å². The molecule has 0 aromatic carbocycles. The number of aliphatic hydroxyl groups is 10. The molecule has 3 heterocycles. The van der Waals surface area contributed by atoms with E-state index in [0.717, 1.165) is 5.57 Å². The third-order valence-corrected chi connectivity index (χ3v) is 21.3. The van der Waals surface area contributed by atoms with Gasteiger partial charge in [-0.3, -0.25) is 0 Å². The van der Waals surface area contributed by atoms with Gasteiger partial charge in [0.1, 0.15) is 61.0 Å². The maximum absolute atomic E-state index is 13.8. The first kappa shape index (κ1) is 62.0. The summed E-state index contributed by atoms with van der Waals surface area (Å²) >= 11 is 0. The average molecular weight is 1130 g/mol. The van der Waals surface area contributed by atoms with Gasteiger partial charge in [-0.25, -0.2) is 14.4 Å². The molecule has 0 unspecified atom stereocenters. The highest BCUT2D eigenvalue weighted by atomic mass is 16.8. The van der Waals surface area contributed by atoms with Crippen LogP contribution in [-0.4, -0.2) is 204 Å². The average Bonchev–Trinajstić information content (AvgIpc) is 3.52. The molecule has 22 nitrogen and oxygen atoms in total. The smallest absolute Gasteiger partial charge is 0.335 e. The molecule has 8 aliphatic rings. The zero-order chi connectivity index (χ0) is 58.4. The largest absolute Gasteiger partial charge is 0.479 e. The number of carboxylic acids is 1. The summed E-state index contributed by atoms with van der Waals surface area (Å²) in [6.45, 7) is 19.0. The summed E-state index contributed by atoms with van der Waals surface area (Å²) in [4.78, 5) is 40.3. The molecule has 3 saturated heterocycles. The van der Waals surface area contributed by atoms with Gasteiger partial charge >= 0.3 is 17.9 Å². The molecule has 0 radical (unpaired) electrons. The number of carbonyl (C=O) groups excluding carboxylic acids is 2. The third-order valence-electron chi connectivity index (χ3n) is 21.3. The highest BCUT2D eigenvalue weighted by Gasteiger charge is 2.74. The fraction of sp³-hybridized carbons (Fsp3) is 0.842. The van der Waals surface area contributed by atoms with Gasteiger partial charge in [0.15, 0.2) is 31.1 Å². The Labute approximate surface area is 461 Å². The monoisotopic (exact) mass is 1120 g/mol. The van der Waals surface area contributed by atoms with Gasteiger partial charge in [-0.15, -0.1) is 0 Å². The molecule has 22 heteroatoms. The lowest BCUT2D eigenvalue weighted by molar-refractivity contribution is -0.391. The van der Waals surface area contributed by atoms with Crippen LogP contribution in [0.3, 0.4) is 0 Å². The first-order valence-corrected chi connectivity index (χ1v) is 28.0. The van der Waals surface area contributed by atoms with Crippen LogP contribution in [0, 0.1) is 50.2 Å². The lowest BCUT2D eigenvalue weighted by Crippen LogP contribution is -2.72. The van der Waals surface area contributed by atoms with Crippen LogP contribution >= 0.6 is 0 Å². The molecule has 3 aliphatic heterocycles. The van der Waals surface area contributed by atoms with Crippen LogP contribution in [-0.2, 0) is 52.3 Å². The second kappa shape index (κ2) is 22.5. The van der Waals surface area contributed by atoms with Gasteiger partial charge in [0.05, 0.1) is 43.5 Å². The number of aliphatic hydroxyl groups excluding tert-OH is 10. The standard InChI is InChI=1S/C57H88O22/c1-12-25(3)47(70)78-44-45(79-48(71)26(4)13-2)57(24-59)29(20-52(44,6)7)28-14-15-32-53(8)18-17-34(54(9,23-58)31(53)16-19-55(32,10)56(28,11)21-33(57)61)74-51-43(77-49-38(65)36(63)30(60)22-72-49)41(40(67)42(76-51)46(68)69)75-50-39(66)37(64)35(62)27(5)73-50/h12-14,27,29-45,49-51,58-67H,15-24H2,1-11H3,(H,68,69)/b25-12-,26-13-/t27-,29-,30+,31+,32+,33+,34+,35-,36-,37+,38+,39+,40-,41-,42-,43+,44-,45-,49-,50-,51+,53-,54+,55+,56+,57-/m0/s1. The van der Waals surface area contributed by atoms with Gasteiger partial charge in [-0.05, 0) is 114 Å². The molecule has 0 bridgehead atoms. The molecule has 0 amide bonds. The van der Waals surface area contributed by atoms with E-state index in [1.807, 2.05) is 20.8 Å². The number of aliphatic carboxylic acids is 1. The Morgan fingerprint density at radius 3 is 1.89 bits per heavy atom. The molecule has 11 N–H and O–H groups in total. The van der Waals surface area contributed by atoms with Gasteiger partial charge in [0, 0.05) is 22.0 Å². The van der Waals surface area contributed by atoms with E-state index in [1.165, 1.54) is 6.92 Å². The van der Waals surface area contributed by atoms with E-state index in [4.69, 9.17) is 37.9 Å². The molecule has 448 valence electrons. The molecule has 79 heavy (non-hydrogen) atoms. The van der Waals surface area contributed by atoms with Crippen LogP contribution in [0.25, 0.3) is 0 Å². The SMILES string of the molecule is C/C=C(/C)C(=O)O[C@H]1[C@H](OC(=O)/C(C)=C\C)[C@]2(CO)[C@H](O)C[C@]3(C)C(=CC[C@@H]4[C@@]5(C)CC[C@@H](O[C@@H]6O[C@H](C(=O)O)[C@@H](O)[C@H](O[C@@H]7O[C@@H](C)[C@H](O)[C@@H](O)[C@H]7O)[C@H]6O[C@@H]6OC[C@@H](O)[C@H](O)[C@H]6O)[C@](C)(CO)[C@@H]5CC[C@]43C)[C@@H]2CC1(C)C. The number of fused-ring (bicyclic) bond motifs is 7. The quantitative estimate of drug-likeness (QED) is 0.0536. The summed E-state index contributed by atoms with van der Waals surface area (Å²) in [7, 11) is 0. The van der Waals surface area contributed by atoms with Gasteiger partial charge in [0.2, 0.25) is 0 Å². The Bertz CT molecular complexity index is 2360. The number of hydrogen-bond acceptors (Lipinski definition) is 21. The molecule has 0 spiro atoms. The van der Waals surface area contributed by atoms with E-state index in [9.17, 15) is 70.6 Å². The van der Waals surface area contributed by atoms with Crippen molar-refractivity contribution in [2.45, 2.75) is 232 Å². The van der Waals surface area contributed by atoms with E-state index in [0.29, 0.717) is 43.3 Å². The predicted molar refractivity (Wildman–Crippen MR) is 275 cm³/mol. The highest BCUT2D eigenvalue weighted by molar-refractivity contribution is 5.89. The van der Waals surface area contributed by atoms with Crippen molar-refractivity contribution in [2.24, 2.45) is 50.2 Å². The minimum absolute atomic E-state index is 0.0653. The van der Waals surface area contributed by atoms with E-state index < -0.39 is 187 Å². The van der Waals surface area contributed by atoms with Crippen molar-refractivity contribution in [1.82, 2.24) is 0 Å². The Morgan fingerprint density at radius 2 is 1.29 bits per heavy atom. The van der Waals surface area contributed by atoms with Gasteiger partial charge in [-0.1, -0.05) is 65.3 Å². The third kappa shape index (κ3) is 9.99. The Balaban J connectivity index is 1.14. The zero-order valence-corrected chi connectivity index (χ0v) is 47.3. The van der Waals surface area contributed by atoms with E-state index >= 15 is 0 Å². The summed E-state index contributed by atoms with van der Waals surface area (Å²) in [5, 5.41) is 123. The van der Waals surface area contributed by atoms with Crippen LogP contribution in [0.1, 0.15) is 121 Å². The second-order valence-electron chi connectivity index (χ2n) is 25.8. The number of hydrogen-bond donors (Lipinski definition) is 11. The molecule has 0 aromatic heterocycles. The molecule has 8 rings (SSSR count). The first-order valence-electron chi connectivity index (χ1n) is 28.0. The van der Waals surface area contributed by atoms with Crippen LogP contribution < -0.4 is 0 Å². The van der Waals surface area contributed by atoms with E-state index in [1.54, 1.807) is 39.8 Å². The maximum Gasteiger partial charge on any atom is 0.335 e. The number of ether oxygens (including phenoxy) is 8. The molecule has 26 atom stereocenters. The lowest BCUT2D eigenvalue weighted by Gasteiger charge is -2.72. The van der Waals surface area contributed by atoms with E-state index in [2.05, 4.69) is 26.8 Å². The fourth-order valence-corrected chi connectivity index (χ4v) is 16.1. The fourth-order valence-electron chi connectivity index (χ4n) is 16.1. The second-order valence-corrected chi connectivity index (χ2v) is 25.8. The Kier molecular flexibility index (Phi) is 17.7.